The van der Waals surface area contributed by atoms with Crippen LogP contribution >= 0.6 is 27.7 Å². The van der Waals surface area contributed by atoms with Gasteiger partial charge in [-0.25, -0.2) is 0 Å². The van der Waals surface area contributed by atoms with Gasteiger partial charge in [0.25, 0.3) is 0 Å². The number of rotatable bonds is 2. The number of benzene rings is 1. The van der Waals surface area contributed by atoms with Gasteiger partial charge in [0.05, 0.1) is 6.04 Å². The molecule has 0 spiro atoms. The van der Waals surface area contributed by atoms with Crippen LogP contribution in [0.2, 0.25) is 0 Å². The van der Waals surface area contributed by atoms with Crippen LogP contribution in [0.5, 0.6) is 0 Å². The molecule has 1 heterocycles. The predicted molar refractivity (Wildman–Crippen MR) is 76.3 cm³/mol. The second-order valence-corrected chi connectivity index (χ2v) is 6.11. The predicted octanol–water partition coefficient (Wildman–Crippen LogP) is 3.99. The van der Waals surface area contributed by atoms with Gasteiger partial charge in [0.2, 0.25) is 0 Å². The Morgan fingerprint density at radius 3 is 2.62 bits per heavy atom. The minimum Gasteiger partial charge on any atom is -0.335 e. The van der Waals surface area contributed by atoms with Crippen LogP contribution in [0.1, 0.15) is 13.8 Å². The van der Waals surface area contributed by atoms with E-state index in [0.29, 0.717) is 12.0 Å². The maximum Gasteiger partial charge on any atom is 0.161 e. The fourth-order valence-electron chi connectivity index (χ4n) is 1.46. The van der Waals surface area contributed by atoms with Crippen LogP contribution in [0.25, 0.3) is 0 Å². The summed E-state index contributed by atoms with van der Waals surface area (Å²) in [5.41, 5.74) is 1.10. The molecule has 0 unspecified atom stereocenters. The normalized spacial score (nSPS) is 20.0. The number of hydrogen-bond donors (Lipinski definition) is 1. The van der Waals surface area contributed by atoms with E-state index in [4.69, 9.17) is 0 Å². The molecule has 86 valence electrons. The van der Waals surface area contributed by atoms with Crippen LogP contribution in [-0.2, 0) is 0 Å². The molecule has 2 nitrogen and oxygen atoms in total. The second kappa shape index (κ2) is 5.23. The van der Waals surface area contributed by atoms with Gasteiger partial charge < -0.3 is 5.32 Å². The molecule has 1 aromatic carbocycles. The summed E-state index contributed by atoms with van der Waals surface area (Å²) in [5.74, 6) is 1.72. The van der Waals surface area contributed by atoms with Gasteiger partial charge in [0, 0.05) is 15.9 Å². The van der Waals surface area contributed by atoms with E-state index in [0.717, 1.165) is 21.1 Å². The highest BCUT2D eigenvalue weighted by molar-refractivity contribution is 9.10. The van der Waals surface area contributed by atoms with E-state index in [-0.39, 0.29) is 0 Å². The van der Waals surface area contributed by atoms with E-state index < -0.39 is 0 Å². The summed E-state index contributed by atoms with van der Waals surface area (Å²) >= 11 is 5.23. The molecular formula is C12H15BrN2S. The highest BCUT2D eigenvalue weighted by atomic mass is 79.9. The third-order valence-electron chi connectivity index (χ3n) is 2.54. The molecule has 0 bridgehead atoms. The molecule has 1 aliphatic heterocycles. The van der Waals surface area contributed by atoms with E-state index >= 15 is 0 Å². The Bertz CT molecular complexity index is 387. The monoisotopic (exact) mass is 298 g/mol. The number of halogens is 1. The van der Waals surface area contributed by atoms with Gasteiger partial charge in [0.1, 0.15) is 0 Å². The van der Waals surface area contributed by atoms with Crippen LogP contribution in [0.4, 0.5) is 5.69 Å². The van der Waals surface area contributed by atoms with Crippen molar-refractivity contribution < 1.29 is 0 Å². The minimum absolute atomic E-state index is 0.461. The Kier molecular flexibility index (Phi) is 3.92. The number of nitrogens with zero attached hydrogens (tertiary/aromatic N) is 1. The van der Waals surface area contributed by atoms with Crippen LogP contribution in [0.15, 0.2) is 33.7 Å². The lowest BCUT2D eigenvalue weighted by atomic mass is 10.1. The number of amidine groups is 1. The van der Waals surface area contributed by atoms with Crippen molar-refractivity contribution in [2.45, 2.75) is 19.9 Å². The largest absolute Gasteiger partial charge is 0.335 e. The molecular weight excluding hydrogens is 284 g/mol. The molecule has 0 saturated heterocycles. The average molecular weight is 299 g/mol. The second-order valence-electron chi connectivity index (χ2n) is 4.19. The molecule has 0 aliphatic carbocycles. The molecule has 1 N–H and O–H groups in total. The smallest absolute Gasteiger partial charge is 0.161 e. The standard InChI is InChI=1S/C12H15BrN2S/c1-8(2)11-7-16-12(15-11)14-10-5-3-9(13)4-6-10/h3-6,8,11H,7H2,1-2H3,(H,14,15)/t11-/m1/s1. The molecule has 0 radical (unpaired) electrons. The Morgan fingerprint density at radius 1 is 1.38 bits per heavy atom. The molecule has 0 fully saturated rings. The van der Waals surface area contributed by atoms with E-state index in [2.05, 4.69) is 52.2 Å². The van der Waals surface area contributed by atoms with E-state index in [1.165, 1.54) is 0 Å². The molecule has 1 atom stereocenters. The number of anilines is 1. The first-order chi connectivity index (χ1) is 7.65. The molecule has 16 heavy (non-hydrogen) atoms. The van der Waals surface area contributed by atoms with Crippen molar-refractivity contribution in [3.8, 4) is 0 Å². The number of aliphatic imine (C=N–C) groups is 1. The van der Waals surface area contributed by atoms with Crippen LogP contribution in [-0.4, -0.2) is 17.0 Å². The molecule has 0 aromatic heterocycles. The minimum atomic E-state index is 0.461. The molecule has 2 rings (SSSR count). The Labute approximate surface area is 109 Å². The summed E-state index contributed by atoms with van der Waals surface area (Å²) in [6, 6.07) is 8.62. The van der Waals surface area contributed by atoms with Crippen LogP contribution in [0.3, 0.4) is 0 Å². The SMILES string of the molecule is CC(C)[C@H]1CSC(Nc2ccc(Br)cc2)=N1. The average Bonchev–Trinajstić information content (AvgIpc) is 2.70. The zero-order chi connectivity index (χ0) is 11.5. The lowest BCUT2D eigenvalue weighted by Gasteiger charge is -2.08. The summed E-state index contributed by atoms with van der Waals surface area (Å²) in [5, 5.41) is 4.39. The van der Waals surface area contributed by atoms with Crippen LogP contribution < -0.4 is 5.32 Å². The molecule has 1 aliphatic rings. The zero-order valence-electron chi connectivity index (χ0n) is 9.40. The molecule has 4 heteroatoms. The van der Waals surface area contributed by atoms with E-state index in [9.17, 15) is 0 Å². The first-order valence-electron chi connectivity index (χ1n) is 5.38. The number of nitrogens with one attached hydrogen (secondary N) is 1. The fourth-order valence-corrected chi connectivity index (χ4v) is 2.91. The van der Waals surface area contributed by atoms with Crippen molar-refractivity contribution in [1.29, 1.82) is 0 Å². The topological polar surface area (TPSA) is 24.4 Å². The first kappa shape index (κ1) is 12.0. The summed E-state index contributed by atoms with van der Waals surface area (Å²) in [7, 11) is 0. The molecule has 0 saturated carbocycles. The quantitative estimate of drug-likeness (QED) is 0.893. The van der Waals surface area contributed by atoms with Crippen LogP contribution in [0, 0.1) is 5.92 Å². The van der Waals surface area contributed by atoms with E-state index in [1.54, 1.807) is 11.8 Å². The van der Waals surface area contributed by atoms with Crippen molar-refractivity contribution in [1.82, 2.24) is 0 Å². The first-order valence-corrected chi connectivity index (χ1v) is 7.16. The summed E-state index contributed by atoms with van der Waals surface area (Å²) in [6.45, 7) is 4.44. The summed E-state index contributed by atoms with van der Waals surface area (Å²) < 4.78 is 1.10. The number of thioether (sulfide) groups is 1. The summed E-state index contributed by atoms with van der Waals surface area (Å²) in [4.78, 5) is 4.66. The van der Waals surface area contributed by atoms with Crippen molar-refractivity contribution in [3.63, 3.8) is 0 Å². The van der Waals surface area contributed by atoms with Gasteiger partial charge in [-0.2, -0.15) is 0 Å². The van der Waals surface area contributed by atoms with Crippen molar-refractivity contribution in [2.24, 2.45) is 10.9 Å². The highest BCUT2D eigenvalue weighted by Gasteiger charge is 2.20. The van der Waals surface area contributed by atoms with Gasteiger partial charge in [-0.05, 0) is 30.2 Å². The summed E-state index contributed by atoms with van der Waals surface area (Å²) in [6.07, 6.45) is 0. The van der Waals surface area contributed by atoms with Gasteiger partial charge in [-0.1, -0.05) is 41.5 Å². The zero-order valence-corrected chi connectivity index (χ0v) is 11.8. The molecule has 1 aromatic rings. The maximum atomic E-state index is 4.66. The third-order valence-corrected chi connectivity index (χ3v) is 4.06. The molecule has 0 amide bonds. The highest BCUT2D eigenvalue weighted by Crippen LogP contribution is 2.24. The van der Waals surface area contributed by atoms with Gasteiger partial charge in [-0.15, -0.1) is 0 Å². The fraction of sp³-hybridized carbons (Fsp3) is 0.417. The van der Waals surface area contributed by atoms with Gasteiger partial charge in [-0.3, -0.25) is 4.99 Å². The van der Waals surface area contributed by atoms with E-state index in [1.807, 2.05) is 12.1 Å². The Balaban J connectivity index is 2.01. The van der Waals surface area contributed by atoms with Crippen molar-refractivity contribution in [3.05, 3.63) is 28.7 Å². The van der Waals surface area contributed by atoms with Gasteiger partial charge >= 0.3 is 0 Å². The maximum absolute atomic E-state index is 4.66. The Morgan fingerprint density at radius 2 is 2.06 bits per heavy atom. The van der Waals surface area contributed by atoms with Crippen molar-refractivity contribution in [2.75, 3.05) is 11.1 Å². The lowest BCUT2D eigenvalue weighted by molar-refractivity contribution is 0.543. The van der Waals surface area contributed by atoms with Gasteiger partial charge in [0.15, 0.2) is 5.17 Å². The van der Waals surface area contributed by atoms with Crippen molar-refractivity contribution >= 4 is 38.5 Å². The Hall–Kier alpha value is -0.480. The number of hydrogen-bond acceptors (Lipinski definition) is 3. The third kappa shape index (κ3) is 3.01. The lowest BCUT2D eigenvalue weighted by Crippen LogP contribution is -2.12.